The second-order valence-electron chi connectivity index (χ2n) is 5.02. The Morgan fingerprint density at radius 3 is 2.84 bits per heavy atom. The Hall–Kier alpha value is -1.22. The van der Waals surface area contributed by atoms with Crippen LogP contribution in [0, 0.1) is 4.91 Å². The largest absolute Gasteiger partial charge is 0.150 e. The van der Waals surface area contributed by atoms with Gasteiger partial charge in [-0.2, -0.15) is 0 Å². The Balaban J connectivity index is 2.39. The molecular weight excluding hydrogens is 302 g/mol. The van der Waals surface area contributed by atoms with Crippen LogP contribution in [0.4, 0.5) is 0 Å². The molecule has 0 saturated heterocycles. The molecule has 0 aromatic rings. The third-order valence-electron chi connectivity index (χ3n) is 2.63. The van der Waals surface area contributed by atoms with E-state index >= 15 is 0 Å². The van der Waals surface area contributed by atoms with Crippen LogP contribution < -0.4 is 0 Å². The van der Waals surface area contributed by atoms with Crippen LogP contribution in [-0.2, 0) is 0 Å². The van der Waals surface area contributed by atoms with E-state index in [1.165, 1.54) is 10.1 Å². The van der Waals surface area contributed by atoms with E-state index in [-0.39, 0.29) is 0 Å². The van der Waals surface area contributed by atoms with E-state index in [1.54, 1.807) is 13.8 Å². The van der Waals surface area contributed by atoms with Crippen molar-refractivity contribution in [1.82, 2.24) is 0 Å². The molecule has 0 bridgehead atoms. The summed E-state index contributed by atoms with van der Waals surface area (Å²) in [6.07, 6.45) is 19.4. The maximum absolute atomic E-state index is 10.5. The zero-order valence-corrected chi connectivity index (χ0v) is 13.1. The van der Waals surface area contributed by atoms with E-state index in [0.29, 0.717) is 0 Å². The monoisotopic (exact) mass is 321 g/mol. The summed E-state index contributed by atoms with van der Waals surface area (Å²) in [5.41, 5.74) is 0.603. The average Bonchev–Trinajstić information content (AvgIpc) is 2.58. The van der Waals surface area contributed by atoms with Crippen molar-refractivity contribution in [2.24, 2.45) is 5.18 Å². The van der Waals surface area contributed by atoms with Gasteiger partial charge in [-0.1, -0.05) is 63.6 Å². The van der Waals surface area contributed by atoms with Gasteiger partial charge in [-0.05, 0) is 49.2 Å². The maximum atomic E-state index is 10.5. The van der Waals surface area contributed by atoms with Crippen molar-refractivity contribution in [3.05, 3.63) is 63.6 Å². The topological polar surface area (TPSA) is 29.4 Å². The Morgan fingerprint density at radius 1 is 1.37 bits per heavy atom. The van der Waals surface area contributed by atoms with Gasteiger partial charge >= 0.3 is 0 Å². The molecule has 102 valence electrons. The van der Waals surface area contributed by atoms with Crippen molar-refractivity contribution in [3.8, 4) is 0 Å². The molecule has 0 heterocycles. The molecule has 3 heteroatoms. The van der Waals surface area contributed by atoms with Gasteiger partial charge in [0.2, 0.25) is 0 Å². The van der Waals surface area contributed by atoms with E-state index < -0.39 is 5.54 Å². The normalized spacial score (nSPS) is 16.6. The minimum atomic E-state index is -0.591. The van der Waals surface area contributed by atoms with Gasteiger partial charge in [0.1, 0.15) is 5.54 Å². The fraction of sp³-hybridized carbons (Fsp3) is 0.375. The second kappa shape index (κ2) is 8.05. The lowest BCUT2D eigenvalue weighted by atomic mass is 10.1. The summed E-state index contributed by atoms with van der Waals surface area (Å²) >= 11 is 3.53. The van der Waals surface area contributed by atoms with Crippen molar-refractivity contribution in [2.45, 2.75) is 38.6 Å². The highest BCUT2D eigenvalue weighted by Gasteiger charge is 2.11. The fourth-order valence-corrected chi connectivity index (χ4v) is 2.02. The van der Waals surface area contributed by atoms with Crippen molar-refractivity contribution in [3.63, 3.8) is 0 Å². The molecule has 0 fully saturated rings. The molecule has 0 radical (unpaired) electrons. The van der Waals surface area contributed by atoms with Crippen LogP contribution in [0.2, 0.25) is 0 Å². The summed E-state index contributed by atoms with van der Waals surface area (Å²) < 4.78 is 1.19. The predicted octanol–water partition coefficient (Wildman–Crippen LogP) is 5.59. The van der Waals surface area contributed by atoms with Crippen LogP contribution >= 0.6 is 15.9 Å². The SMILES string of the molecule is CC(C)(/C=C/CC/C=C/C1=CC=CCC(Br)=C1)N=O. The Bertz CT molecular complexity index is 453. The van der Waals surface area contributed by atoms with Gasteiger partial charge in [0.15, 0.2) is 0 Å². The lowest BCUT2D eigenvalue weighted by Gasteiger charge is -2.07. The van der Waals surface area contributed by atoms with Crippen LogP contribution in [0.5, 0.6) is 0 Å². The van der Waals surface area contributed by atoms with Gasteiger partial charge in [0.25, 0.3) is 0 Å². The second-order valence-corrected chi connectivity index (χ2v) is 6.04. The zero-order chi connectivity index (χ0) is 14.1. The molecular formula is C16H20BrNO. The minimum absolute atomic E-state index is 0.591. The number of halogens is 1. The summed E-state index contributed by atoms with van der Waals surface area (Å²) in [5.74, 6) is 0. The molecule has 0 aromatic heterocycles. The molecule has 1 rings (SSSR count). The molecule has 19 heavy (non-hydrogen) atoms. The number of hydrogen-bond acceptors (Lipinski definition) is 2. The number of rotatable bonds is 6. The third kappa shape index (κ3) is 7.06. The van der Waals surface area contributed by atoms with Crippen LogP contribution in [0.25, 0.3) is 0 Å². The predicted molar refractivity (Wildman–Crippen MR) is 86.2 cm³/mol. The average molecular weight is 322 g/mol. The quantitative estimate of drug-likeness (QED) is 0.356. The summed E-state index contributed by atoms with van der Waals surface area (Å²) in [6.45, 7) is 3.61. The van der Waals surface area contributed by atoms with Gasteiger partial charge in [-0.3, -0.25) is 0 Å². The Labute approximate surface area is 123 Å². The summed E-state index contributed by atoms with van der Waals surface area (Å²) in [4.78, 5) is 10.5. The lowest BCUT2D eigenvalue weighted by molar-refractivity contribution is 0.648. The van der Waals surface area contributed by atoms with Crippen LogP contribution in [0.3, 0.4) is 0 Å². The Kier molecular flexibility index (Phi) is 6.71. The molecule has 0 saturated carbocycles. The van der Waals surface area contributed by atoms with E-state index in [1.807, 2.05) is 12.2 Å². The molecule has 1 aliphatic carbocycles. The minimum Gasteiger partial charge on any atom is -0.150 e. The number of allylic oxidation sites excluding steroid dienone is 9. The first kappa shape index (κ1) is 15.8. The molecule has 2 nitrogen and oxygen atoms in total. The smallest absolute Gasteiger partial charge is 0.115 e. The van der Waals surface area contributed by atoms with Crippen LogP contribution in [0.1, 0.15) is 33.1 Å². The van der Waals surface area contributed by atoms with Crippen molar-refractivity contribution >= 4 is 15.9 Å². The van der Waals surface area contributed by atoms with E-state index in [0.717, 1.165) is 19.3 Å². The van der Waals surface area contributed by atoms with E-state index in [9.17, 15) is 4.91 Å². The molecule has 0 aromatic carbocycles. The molecule has 0 atom stereocenters. The zero-order valence-electron chi connectivity index (χ0n) is 11.5. The lowest BCUT2D eigenvalue weighted by Crippen LogP contribution is -2.10. The van der Waals surface area contributed by atoms with Crippen molar-refractivity contribution in [2.75, 3.05) is 0 Å². The molecule has 0 aliphatic heterocycles. The van der Waals surface area contributed by atoms with E-state index in [4.69, 9.17) is 0 Å². The third-order valence-corrected chi connectivity index (χ3v) is 3.18. The van der Waals surface area contributed by atoms with Gasteiger partial charge in [-0.25, -0.2) is 0 Å². The first-order valence-corrected chi connectivity index (χ1v) is 7.24. The maximum Gasteiger partial charge on any atom is 0.115 e. The number of nitroso groups, excluding NO2 is 1. The fourth-order valence-electron chi connectivity index (χ4n) is 1.57. The van der Waals surface area contributed by atoms with E-state index in [2.05, 4.69) is 57.6 Å². The molecule has 0 N–H and O–H groups in total. The van der Waals surface area contributed by atoms with Crippen LogP contribution in [0.15, 0.2) is 63.8 Å². The standard InChI is InChI=1S/C16H20BrNO/c1-16(2,18-19)12-8-4-3-5-9-14-10-6-7-11-15(17)13-14/h5-10,12-13H,3-4,11H2,1-2H3/b9-5+,12-8+. The van der Waals surface area contributed by atoms with Crippen molar-refractivity contribution in [1.29, 1.82) is 0 Å². The van der Waals surface area contributed by atoms with Gasteiger partial charge < -0.3 is 0 Å². The van der Waals surface area contributed by atoms with Gasteiger partial charge in [-0.15, -0.1) is 4.91 Å². The van der Waals surface area contributed by atoms with Gasteiger partial charge in [0, 0.05) is 0 Å². The Morgan fingerprint density at radius 2 is 2.11 bits per heavy atom. The van der Waals surface area contributed by atoms with Gasteiger partial charge in [0.05, 0.1) is 0 Å². The molecule has 0 unspecified atom stereocenters. The first-order chi connectivity index (χ1) is 9.03. The summed E-state index contributed by atoms with van der Waals surface area (Å²) in [7, 11) is 0. The number of unbranched alkanes of at least 4 members (excludes halogenated alkanes) is 1. The summed E-state index contributed by atoms with van der Waals surface area (Å²) in [6, 6.07) is 0. The first-order valence-electron chi connectivity index (χ1n) is 6.45. The highest BCUT2D eigenvalue weighted by molar-refractivity contribution is 9.11. The number of nitrogens with zero attached hydrogens (tertiary/aromatic N) is 1. The molecule has 0 spiro atoms. The highest BCUT2D eigenvalue weighted by atomic mass is 79.9. The van der Waals surface area contributed by atoms with Crippen LogP contribution in [-0.4, -0.2) is 5.54 Å². The molecule has 0 amide bonds. The highest BCUT2D eigenvalue weighted by Crippen LogP contribution is 2.18. The number of hydrogen-bond donors (Lipinski definition) is 0. The molecule has 1 aliphatic rings. The van der Waals surface area contributed by atoms with Crippen molar-refractivity contribution < 1.29 is 0 Å². The summed E-state index contributed by atoms with van der Waals surface area (Å²) in [5, 5.41) is 3.05.